The molecule has 0 aliphatic carbocycles. The number of aliphatic hydroxyl groups is 1. The van der Waals surface area contributed by atoms with Crippen LogP contribution >= 0.6 is 0 Å². The van der Waals surface area contributed by atoms with E-state index >= 15 is 0 Å². The molecule has 0 spiro atoms. The van der Waals surface area contributed by atoms with Gasteiger partial charge in [-0.05, 0) is 75.7 Å². The topological polar surface area (TPSA) is 66.8 Å². The Morgan fingerprint density at radius 3 is 2.80 bits per heavy atom. The summed E-state index contributed by atoms with van der Waals surface area (Å²) in [7, 11) is 0. The molecule has 2 aliphatic rings. The van der Waals surface area contributed by atoms with Crippen molar-refractivity contribution in [1.29, 1.82) is 0 Å². The quantitative estimate of drug-likeness (QED) is 0.386. The van der Waals surface area contributed by atoms with Crippen LogP contribution in [0.1, 0.15) is 62.5 Å². The van der Waals surface area contributed by atoms with E-state index in [2.05, 4.69) is 49.4 Å². The molecular formula is C26H36O4. The predicted molar refractivity (Wildman–Crippen MR) is 119 cm³/mol. The van der Waals surface area contributed by atoms with Crippen LogP contribution < -0.4 is 0 Å². The molecule has 1 aromatic carbocycles. The summed E-state index contributed by atoms with van der Waals surface area (Å²) in [5, 5.41) is 19.2. The lowest BCUT2D eigenvalue weighted by molar-refractivity contribution is -0.137. The number of carbonyl (C=O) groups is 1. The van der Waals surface area contributed by atoms with Gasteiger partial charge in [-0.25, -0.2) is 0 Å². The minimum absolute atomic E-state index is 0.229. The molecule has 2 saturated heterocycles. The molecule has 2 heterocycles. The summed E-state index contributed by atoms with van der Waals surface area (Å²) >= 11 is 0. The Labute approximate surface area is 180 Å². The average Bonchev–Trinajstić information content (AvgIpc) is 3.12. The van der Waals surface area contributed by atoms with Gasteiger partial charge >= 0.3 is 5.97 Å². The van der Waals surface area contributed by atoms with Crippen LogP contribution in [0.2, 0.25) is 0 Å². The third-order valence-corrected chi connectivity index (χ3v) is 6.47. The van der Waals surface area contributed by atoms with Crippen molar-refractivity contribution >= 4 is 5.97 Å². The molecule has 2 bridgehead atoms. The van der Waals surface area contributed by atoms with Crippen molar-refractivity contribution in [1.82, 2.24) is 0 Å². The fourth-order valence-electron chi connectivity index (χ4n) is 4.70. The molecule has 2 N–H and O–H groups in total. The van der Waals surface area contributed by atoms with Crippen LogP contribution in [0.5, 0.6) is 0 Å². The number of hydrogen-bond acceptors (Lipinski definition) is 3. The van der Waals surface area contributed by atoms with Gasteiger partial charge in [0.05, 0.1) is 18.3 Å². The Morgan fingerprint density at radius 2 is 2.03 bits per heavy atom. The molecule has 4 heteroatoms. The lowest BCUT2D eigenvalue weighted by atomic mass is 9.81. The van der Waals surface area contributed by atoms with Crippen LogP contribution in [0, 0.1) is 18.8 Å². The van der Waals surface area contributed by atoms with Crippen molar-refractivity contribution in [2.45, 2.75) is 83.0 Å². The summed E-state index contributed by atoms with van der Waals surface area (Å²) in [5.41, 5.74) is 2.53. The maximum absolute atomic E-state index is 10.6. The van der Waals surface area contributed by atoms with Gasteiger partial charge in [-0.1, -0.05) is 54.1 Å². The van der Waals surface area contributed by atoms with Gasteiger partial charge in [-0.15, -0.1) is 0 Å². The van der Waals surface area contributed by atoms with Crippen LogP contribution in [0.15, 0.2) is 48.6 Å². The second-order valence-corrected chi connectivity index (χ2v) is 8.91. The standard InChI is InChI=1S/C26H36O4/c1-19-8-10-20(11-9-19)12-14-22(27)15-13-21-18-23-16-17-25(30-23)24(21)6-4-2-3-5-7-26(28)29/h2,4,8-11,13,15,21-25,27H,3,5-7,12,14,16-18H2,1H3,(H,28,29)/t21?,22-,23+,24+,25+/m0/s1. The number of allylic oxidation sites excluding steroid dienone is 3. The molecule has 1 aromatic rings. The van der Waals surface area contributed by atoms with Gasteiger partial charge in [0, 0.05) is 6.42 Å². The number of rotatable bonds is 11. The first kappa shape index (κ1) is 22.8. The molecule has 0 radical (unpaired) electrons. The van der Waals surface area contributed by atoms with E-state index in [1.54, 1.807) is 0 Å². The van der Waals surface area contributed by atoms with Crippen LogP contribution in [0.4, 0.5) is 0 Å². The maximum atomic E-state index is 10.6. The zero-order chi connectivity index (χ0) is 21.3. The van der Waals surface area contributed by atoms with E-state index < -0.39 is 12.1 Å². The van der Waals surface area contributed by atoms with E-state index in [0.29, 0.717) is 30.5 Å². The number of hydrogen-bond donors (Lipinski definition) is 2. The van der Waals surface area contributed by atoms with Crippen LogP contribution in [-0.4, -0.2) is 34.5 Å². The highest BCUT2D eigenvalue weighted by Crippen LogP contribution is 2.42. The molecule has 2 aliphatic heterocycles. The molecule has 5 atom stereocenters. The number of unbranched alkanes of at least 4 members (excludes halogenated alkanes) is 1. The second-order valence-electron chi connectivity index (χ2n) is 8.91. The van der Waals surface area contributed by atoms with Gasteiger partial charge in [0.2, 0.25) is 0 Å². The van der Waals surface area contributed by atoms with Gasteiger partial charge in [0.15, 0.2) is 0 Å². The van der Waals surface area contributed by atoms with Gasteiger partial charge in [-0.2, -0.15) is 0 Å². The molecule has 0 amide bonds. The molecule has 164 valence electrons. The molecule has 0 aromatic heterocycles. The predicted octanol–water partition coefficient (Wildman–Crippen LogP) is 5.23. The number of aryl methyl sites for hydroxylation is 2. The van der Waals surface area contributed by atoms with Gasteiger partial charge in [-0.3, -0.25) is 4.79 Å². The SMILES string of the molecule is Cc1ccc(CC[C@H](O)C=CC2C[C@H]3CC[C@@H](O3)[C@@H]2CC=CCCCC(=O)O)cc1. The number of carboxylic acid groups (broad SMARTS) is 1. The van der Waals surface area contributed by atoms with Crippen LogP contribution in [0.3, 0.4) is 0 Å². The number of fused-ring (bicyclic) bond motifs is 2. The highest BCUT2D eigenvalue weighted by Gasteiger charge is 2.41. The molecule has 1 unspecified atom stereocenters. The van der Waals surface area contributed by atoms with E-state index in [-0.39, 0.29) is 6.42 Å². The Balaban J connectivity index is 1.49. The number of aliphatic carboxylic acids is 1. The van der Waals surface area contributed by atoms with Crippen molar-refractivity contribution in [2.75, 3.05) is 0 Å². The van der Waals surface area contributed by atoms with Crippen molar-refractivity contribution in [3.05, 3.63) is 59.7 Å². The van der Waals surface area contributed by atoms with Crippen molar-refractivity contribution < 1.29 is 19.7 Å². The summed E-state index contributed by atoms with van der Waals surface area (Å²) in [6, 6.07) is 8.52. The van der Waals surface area contributed by atoms with E-state index in [9.17, 15) is 9.90 Å². The largest absolute Gasteiger partial charge is 0.481 e. The van der Waals surface area contributed by atoms with E-state index in [4.69, 9.17) is 9.84 Å². The van der Waals surface area contributed by atoms with E-state index in [0.717, 1.165) is 44.9 Å². The number of aliphatic hydroxyl groups excluding tert-OH is 1. The summed E-state index contributed by atoms with van der Waals surface area (Å²) in [4.78, 5) is 10.6. The van der Waals surface area contributed by atoms with E-state index in [1.165, 1.54) is 11.1 Å². The Morgan fingerprint density at radius 1 is 1.23 bits per heavy atom. The molecular weight excluding hydrogens is 376 g/mol. The highest BCUT2D eigenvalue weighted by atomic mass is 16.5. The summed E-state index contributed by atoms with van der Waals surface area (Å²) in [5.74, 6) is 0.154. The summed E-state index contributed by atoms with van der Waals surface area (Å²) < 4.78 is 6.16. The fourth-order valence-corrected chi connectivity index (χ4v) is 4.70. The molecule has 4 nitrogen and oxygen atoms in total. The van der Waals surface area contributed by atoms with Gasteiger partial charge in [0.25, 0.3) is 0 Å². The average molecular weight is 413 g/mol. The fraction of sp³-hybridized carbons (Fsp3) is 0.577. The smallest absolute Gasteiger partial charge is 0.303 e. The van der Waals surface area contributed by atoms with Crippen molar-refractivity contribution in [3.63, 3.8) is 0 Å². The normalized spacial score (nSPS) is 27.1. The van der Waals surface area contributed by atoms with Crippen LogP contribution in [0.25, 0.3) is 0 Å². The maximum Gasteiger partial charge on any atom is 0.303 e. The van der Waals surface area contributed by atoms with E-state index in [1.807, 2.05) is 6.08 Å². The Kier molecular flexibility index (Phi) is 8.71. The first-order chi connectivity index (χ1) is 14.5. The van der Waals surface area contributed by atoms with Crippen molar-refractivity contribution in [2.24, 2.45) is 11.8 Å². The summed E-state index contributed by atoms with van der Waals surface area (Å²) in [6.07, 6.45) is 16.4. The number of ether oxygens (including phenoxy) is 1. The molecule has 2 fully saturated rings. The zero-order valence-electron chi connectivity index (χ0n) is 18.1. The molecule has 0 saturated carbocycles. The summed E-state index contributed by atoms with van der Waals surface area (Å²) in [6.45, 7) is 2.09. The zero-order valence-corrected chi connectivity index (χ0v) is 18.1. The minimum atomic E-state index is -0.729. The molecule has 30 heavy (non-hydrogen) atoms. The minimum Gasteiger partial charge on any atom is -0.481 e. The lowest BCUT2D eigenvalue weighted by Gasteiger charge is -2.35. The Hall–Kier alpha value is -1.91. The first-order valence-electron chi connectivity index (χ1n) is 11.5. The monoisotopic (exact) mass is 412 g/mol. The number of carboxylic acids is 1. The van der Waals surface area contributed by atoms with Gasteiger partial charge in [0.1, 0.15) is 0 Å². The van der Waals surface area contributed by atoms with Crippen molar-refractivity contribution in [3.8, 4) is 0 Å². The number of benzene rings is 1. The molecule has 3 rings (SSSR count). The second kappa shape index (κ2) is 11.5. The van der Waals surface area contributed by atoms with Crippen LogP contribution in [-0.2, 0) is 16.0 Å². The lowest BCUT2D eigenvalue weighted by Crippen LogP contribution is -2.34. The third-order valence-electron chi connectivity index (χ3n) is 6.47. The van der Waals surface area contributed by atoms with Gasteiger partial charge < -0.3 is 14.9 Å². The highest BCUT2D eigenvalue weighted by molar-refractivity contribution is 5.66. The first-order valence-corrected chi connectivity index (χ1v) is 11.5. The Bertz CT molecular complexity index is 721. The third kappa shape index (κ3) is 7.10.